The Balaban J connectivity index is 1.58. The van der Waals surface area contributed by atoms with E-state index in [0.717, 1.165) is 89.5 Å². The van der Waals surface area contributed by atoms with Crippen molar-refractivity contribution in [2.45, 2.75) is 39.3 Å². The number of rotatable bonds is 7. The molecule has 0 unspecified atom stereocenters. The lowest BCUT2D eigenvalue weighted by Gasteiger charge is -2.34. The van der Waals surface area contributed by atoms with Crippen LogP contribution in [0.1, 0.15) is 31.4 Å². The summed E-state index contributed by atoms with van der Waals surface area (Å²) >= 11 is 0. The van der Waals surface area contributed by atoms with E-state index in [1.54, 1.807) is 0 Å². The van der Waals surface area contributed by atoms with Gasteiger partial charge in [0.1, 0.15) is 12.4 Å². The van der Waals surface area contributed by atoms with Crippen molar-refractivity contribution in [3.63, 3.8) is 0 Å². The molecule has 3 heterocycles. The molecule has 0 aromatic carbocycles. The fourth-order valence-corrected chi connectivity index (χ4v) is 3.62. The molecule has 0 amide bonds. The van der Waals surface area contributed by atoms with Gasteiger partial charge in [-0.25, -0.2) is 4.99 Å². The predicted molar refractivity (Wildman–Crippen MR) is 108 cm³/mol. The van der Waals surface area contributed by atoms with E-state index < -0.39 is 0 Å². The number of hydrogen-bond donors (Lipinski definition) is 1. The fourth-order valence-electron chi connectivity index (χ4n) is 3.62. The Morgan fingerprint density at radius 2 is 1.96 bits per heavy atom. The molecular weight excluding hydrogens is 358 g/mol. The van der Waals surface area contributed by atoms with Gasteiger partial charge in [-0.15, -0.1) is 10.2 Å². The first-order chi connectivity index (χ1) is 13.7. The van der Waals surface area contributed by atoms with Gasteiger partial charge < -0.3 is 24.3 Å². The second kappa shape index (κ2) is 10.7. The Hall–Kier alpha value is -1.71. The minimum atomic E-state index is 0.372. The number of aromatic nitrogens is 3. The van der Waals surface area contributed by atoms with Crippen LogP contribution in [0.2, 0.25) is 0 Å². The zero-order valence-electron chi connectivity index (χ0n) is 17.6. The highest BCUT2D eigenvalue weighted by atomic mass is 16.5. The van der Waals surface area contributed by atoms with Crippen molar-refractivity contribution in [1.82, 2.24) is 29.9 Å². The van der Waals surface area contributed by atoms with Crippen LogP contribution in [0.5, 0.6) is 0 Å². The summed E-state index contributed by atoms with van der Waals surface area (Å²) < 4.78 is 13.2. The first-order valence-corrected chi connectivity index (χ1v) is 10.5. The molecule has 1 N–H and O–H groups in total. The molecular formula is C19H35N7O2. The van der Waals surface area contributed by atoms with E-state index in [9.17, 15) is 0 Å². The molecule has 2 aliphatic rings. The highest BCUT2D eigenvalue weighted by molar-refractivity contribution is 5.80. The Morgan fingerprint density at radius 3 is 2.61 bits per heavy atom. The molecule has 1 aromatic heterocycles. The zero-order valence-corrected chi connectivity index (χ0v) is 17.6. The van der Waals surface area contributed by atoms with Crippen LogP contribution in [0.3, 0.4) is 0 Å². The second-order valence-corrected chi connectivity index (χ2v) is 7.38. The topological polar surface area (TPSA) is 80.0 Å². The summed E-state index contributed by atoms with van der Waals surface area (Å²) in [6.07, 6.45) is 2.46. The lowest BCUT2D eigenvalue weighted by molar-refractivity contribution is 0.0261. The van der Waals surface area contributed by atoms with E-state index in [0.29, 0.717) is 12.6 Å². The number of nitrogens with one attached hydrogen (secondary N) is 1. The molecule has 0 aliphatic carbocycles. The van der Waals surface area contributed by atoms with Gasteiger partial charge in [0, 0.05) is 52.9 Å². The lowest BCUT2D eigenvalue weighted by Crippen LogP contribution is -2.49. The third-order valence-corrected chi connectivity index (χ3v) is 5.51. The number of ether oxygens (including phenoxy) is 2. The number of guanidine groups is 1. The number of likely N-dealkylation sites (tertiary alicyclic amines) is 1. The molecule has 158 valence electrons. The molecule has 0 atom stereocenters. The molecule has 0 bridgehead atoms. The molecule has 0 radical (unpaired) electrons. The van der Waals surface area contributed by atoms with Crippen LogP contribution in [0, 0.1) is 6.92 Å². The number of aliphatic imine (C=N–C) groups is 1. The Kier molecular flexibility index (Phi) is 8.05. The molecule has 2 saturated heterocycles. The number of morpholine rings is 1. The van der Waals surface area contributed by atoms with E-state index in [-0.39, 0.29) is 0 Å². The molecule has 0 saturated carbocycles. The van der Waals surface area contributed by atoms with Crippen LogP contribution >= 0.6 is 0 Å². The monoisotopic (exact) mass is 393 g/mol. The van der Waals surface area contributed by atoms with Gasteiger partial charge in [0.05, 0.1) is 19.3 Å². The number of aryl methyl sites for hydroxylation is 1. The standard InChI is InChI=1S/C19H35N7O2/c1-4-28-17-5-8-26(9-6-17)19(20-7-10-25-11-13-27-14-12-25)21-15-18-23-22-16(2)24(18)3/h17H,4-15H2,1-3H3,(H,20,21). The van der Waals surface area contributed by atoms with Gasteiger partial charge in [-0.3, -0.25) is 4.90 Å². The molecule has 2 fully saturated rings. The van der Waals surface area contributed by atoms with Crippen LogP contribution in [0.4, 0.5) is 0 Å². The largest absolute Gasteiger partial charge is 0.379 e. The van der Waals surface area contributed by atoms with Crippen molar-refractivity contribution in [3.8, 4) is 0 Å². The van der Waals surface area contributed by atoms with Gasteiger partial charge in [-0.1, -0.05) is 0 Å². The minimum Gasteiger partial charge on any atom is -0.379 e. The van der Waals surface area contributed by atoms with Gasteiger partial charge in [0.15, 0.2) is 11.8 Å². The van der Waals surface area contributed by atoms with Crippen LogP contribution in [0.15, 0.2) is 4.99 Å². The summed E-state index contributed by atoms with van der Waals surface area (Å²) in [6, 6.07) is 0. The SMILES string of the molecule is CCOC1CCN(C(=NCc2nnc(C)n2C)NCCN2CCOCC2)CC1. The maximum absolute atomic E-state index is 5.79. The Morgan fingerprint density at radius 1 is 1.21 bits per heavy atom. The predicted octanol–water partition coefficient (Wildman–Crippen LogP) is 0.402. The van der Waals surface area contributed by atoms with Crippen molar-refractivity contribution >= 4 is 5.96 Å². The summed E-state index contributed by atoms with van der Waals surface area (Å²) in [4.78, 5) is 9.65. The van der Waals surface area contributed by atoms with E-state index in [4.69, 9.17) is 14.5 Å². The Labute approximate surface area is 168 Å². The third-order valence-electron chi connectivity index (χ3n) is 5.51. The molecule has 9 heteroatoms. The minimum absolute atomic E-state index is 0.372. The number of nitrogens with zero attached hydrogens (tertiary/aromatic N) is 6. The average Bonchev–Trinajstić information content (AvgIpc) is 3.04. The van der Waals surface area contributed by atoms with Crippen LogP contribution in [-0.4, -0.2) is 95.7 Å². The van der Waals surface area contributed by atoms with Gasteiger partial charge in [-0.2, -0.15) is 0 Å². The lowest BCUT2D eigenvalue weighted by atomic mass is 10.1. The van der Waals surface area contributed by atoms with Gasteiger partial charge in [-0.05, 0) is 26.7 Å². The summed E-state index contributed by atoms with van der Waals surface area (Å²) in [6.45, 7) is 12.8. The van der Waals surface area contributed by atoms with Crippen LogP contribution in [-0.2, 0) is 23.1 Å². The third kappa shape index (κ3) is 5.89. The van der Waals surface area contributed by atoms with E-state index in [1.807, 2.05) is 18.5 Å². The molecule has 28 heavy (non-hydrogen) atoms. The molecule has 3 rings (SSSR count). The quantitative estimate of drug-likeness (QED) is 0.531. The van der Waals surface area contributed by atoms with Gasteiger partial charge in [0.2, 0.25) is 0 Å². The first kappa shape index (κ1) is 21.0. The summed E-state index contributed by atoms with van der Waals surface area (Å²) in [5.74, 6) is 2.75. The molecule has 9 nitrogen and oxygen atoms in total. The number of hydrogen-bond acceptors (Lipinski definition) is 6. The summed E-state index contributed by atoms with van der Waals surface area (Å²) in [7, 11) is 1.99. The van der Waals surface area contributed by atoms with E-state index >= 15 is 0 Å². The smallest absolute Gasteiger partial charge is 0.194 e. The van der Waals surface area contributed by atoms with Crippen molar-refractivity contribution in [2.24, 2.45) is 12.0 Å². The maximum Gasteiger partial charge on any atom is 0.194 e. The van der Waals surface area contributed by atoms with Crippen molar-refractivity contribution in [3.05, 3.63) is 11.6 Å². The van der Waals surface area contributed by atoms with Crippen molar-refractivity contribution in [2.75, 3.05) is 59.1 Å². The van der Waals surface area contributed by atoms with Gasteiger partial charge >= 0.3 is 0 Å². The fraction of sp³-hybridized carbons (Fsp3) is 0.842. The normalized spacial score (nSPS) is 20.0. The van der Waals surface area contributed by atoms with Crippen molar-refractivity contribution in [1.29, 1.82) is 0 Å². The Bertz CT molecular complexity index is 620. The van der Waals surface area contributed by atoms with Crippen LogP contribution in [0.25, 0.3) is 0 Å². The highest BCUT2D eigenvalue weighted by Gasteiger charge is 2.22. The first-order valence-electron chi connectivity index (χ1n) is 10.5. The summed E-state index contributed by atoms with van der Waals surface area (Å²) in [5, 5.41) is 12.0. The highest BCUT2D eigenvalue weighted by Crippen LogP contribution is 2.14. The van der Waals surface area contributed by atoms with Crippen LogP contribution < -0.4 is 5.32 Å². The second-order valence-electron chi connectivity index (χ2n) is 7.38. The van der Waals surface area contributed by atoms with Gasteiger partial charge in [0.25, 0.3) is 0 Å². The van der Waals surface area contributed by atoms with E-state index in [1.165, 1.54) is 0 Å². The van der Waals surface area contributed by atoms with Crippen molar-refractivity contribution < 1.29 is 9.47 Å². The number of piperidine rings is 1. The summed E-state index contributed by atoms with van der Waals surface area (Å²) in [5.41, 5.74) is 0. The zero-order chi connectivity index (χ0) is 19.8. The maximum atomic E-state index is 5.79. The molecule has 2 aliphatic heterocycles. The average molecular weight is 394 g/mol. The molecule has 0 spiro atoms. The molecule has 1 aromatic rings. The van der Waals surface area contributed by atoms with E-state index in [2.05, 4.69) is 32.2 Å².